The number of ether oxygens (including phenoxy) is 3. The number of ketones is 1. The lowest BCUT2D eigenvalue weighted by Gasteiger charge is -2.27. The van der Waals surface area contributed by atoms with Crippen LogP contribution in [0.25, 0.3) is 5.76 Å². The first kappa shape index (κ1) is 31.6. The van der Waals surface area contributed by atoms with Crippen molar-refractivity contribution >= 4 is 17.4 Å². The van der Waals surface area contributed by atoms with Crippen molar-refractivity contribution in [2.75, 3.05) is 39.9 Å². The topological polar surface area (TPSA) is 88.5 Å². The van der Waals surface area contributed by atoms with Gasteiger partial charge in [-0.1, -0.05) is 49.7 Å². The zero-order valence-corrected chi connectivity index (χ0v) is 25.8. The molecule has 0 aliphatic carbocycles. The molecule has 1 unspecified atom stereocenters. The molecule has 0 saturated carbocycles. The SMILES string of the molecule is CCOc1ccc(C2/C(=C(\O)c3ccc(OCc4ccc(C)cc4)cc3)C(=O)C(=O)N2CCCN(CC)CC)cc1OC. The van der Waals surface area contributed by atoms with Gasteiger partial charge in [0.2, 0.25) is 0 Å². The molecule has 1 aliphatic heterocycles. The summed E-state index contributed by atoms with van der Waals surface area (Å²) in [4.78, 5) is 30.7. The molecule has 0 radical (unpaired) electrons. The van der Waals surface area contributed by atoms with E-state index in [1.54, 1.807) is 48.4 Å². The van der Waals surface area contributed by atoms with Gasteiger partial charge in [0.25, 0.3) is 11.7 Å². The van der Waals surface area contributed by atoms with E-state index >= 15 is 0 Å². The fourth-order valence-corrected chi connectivity index (χ4v) is 5.31. The average Bonchev–Trinajstić information content (AvgIpc) is 3.28. The number of nitrogens with zero attached hydrogens (tertiary/aromatic N) is 2. The molecule has 4 rings (SSSR count). The lowest BCUT2D eigenvalue weighted by atomic mass is 9.95. The summed E-state index contributed by atoms with van der Waals surface area (Å²) in [5, 5.41) is 11.5. The highest BCUT2D eigenvalue weighted by Crippen LogP contribution is 2.42. The molecule has 0 spiro atoms. The van der Waals surface area contributed by atoms with Crippen LogP contribution in [-0.4, -0.2) is 66.5 Å². The van der Waals surface area contributed by atoms with Crippen molar-refractivity contribution in [2.45, 2.75) is 46.8 Å². The number of aliphatic hydroxyl groups excluding tert-OH is 1. The van der Waals surface area contributed by atoms with Crippen LogP contribution in [0.15, 0.2) is 72.3 Å². The number of methoxy groups -OCH3 is 1. The molecule has 1 atom stereocenters. The van der Waals surface area contributed by atoms with Crippen molar-refractivity contribution in [3.05, 3.63) is 94.6 Å². The van der Waals surface area contributed by atoms with Crippen LogP contribution in [-0.2, 0) is 16.2 Å². The van der Waals surface area contributed by atoms with E-state index in [2.05, 4.69) is 18.7 Å². The molecule has 1 amide bonds. The summed E-state index contributed by atoms with van der Waals surface area (Å²) in [5.41, 5.74) is 3.35. The van der Waals surface area contributed by atoms with Crippen molar-refractivity contribution < 1.29 is 28.9 Å². The number of likely N-dealkylation sites (tertiary alicyclic amines) is 1. The molecule has 8 nitrogen and oxygen atoms in total. The lowest BCUT2D eigenvalue weighted by molar-refractivity contribution is -0.140. The summed E-state index contributed by atoms with van der Waals surface area (Å²) in [6.07, 6.45) is 0.687. The van der Waals surface area contributed by atoms with Crippen molar-refractivity contribution in [2.24, 2.45) is 0 Å². The van der Waals surface area contributed by atoms with Gasteiger partial charge >= 0.3 is 0 Å². The maximum absolute atomic E-state index is 13.5. The van der Waals surface area contributed by atoms with Gasteiger partial charge in [-0.3, -0.25) is 9.59 Å². The van der Waals surface area contributed by atoms with Crippen molar-refractivity contribution in [3.63, 3.8) is 0 Å². The van der Waals surface area contributed by atoms with Crippen LogP contribution >= 0.6 is 0 Å². The van der Waals surface area contributed by atoms with Gasteiger partial charge in [0.15, 0.2) is 11.5 Å². The van der Waals surface area contributed by atoms with E-state index in [1.165, 1.54) is 5.56 Å². The number of hydrogen-bond acceptors (Lipinski definition) is 7. The van der Waals surface area contributed by atoms with Crippen LogP contribution in [0.2, 0.25) is 0 Å². The van der Waals surface area contributed by atoms with Gasteiger partial charge in [-0.25, -0.2) is 0 Å². The molecular weight excluding hydrogens is 544 g/mol. The number of Topliss-reactive ketones (excluding diaryl/α,β-unsaturated/α-hetero) is 1. The molecular formula is C35H42N2O6. The summed E-state index contributed by atoms with van der Waals surface area (Å²) < 4.78 is 17.2. The molecule has 1 heterocycles. The van der Waals surface area contributed by atoms with Crippen LogP contribution in [0.1, 0.15) is 55.5 Å². The zero-order valence-electron chi connectivity index (χ0n) is 25.8. The molecule has 1 N–H and O–H groups in total. The van der Waals surface area contributed by atoms with Crippen molar-refractivity contribution in [1.29, 1.82) is 0 Å². The molecule has 1 fully saturated rings. The Hall–Kier alpha value is -4.30. The highest BCUT2D eigenvalue weighted by molar-refractivity contribution is 6.46. The summed E-state index contributed by atoms with van der Waals surface area (Å²) >= 11 is 0. The number of benzene rings is 3. The number of rotatable bonds is 14. The number of amides is 1. The van der Waals surface area contributed by atoms with Gasteiger partial charge in [0.05, 0.1) is 25.3 Å². The van der Waals surface area contributed by atoms with Gasteiger partial charge in [-0.2, -0.15) is 0 Å². The van der Waals surface area contributed by atoms with Crippen molar-refractivity contribution in [1.82, 2.24) is 9.80 Å². The number of hydrogen-bond donors (Lipinski definition) is 1. The standard InChI is InChI=1S/C35H42N2O6/c1-6-36(7-2)20-9-21-37-32(27-16-19-29(42-8-3)30(22-27)41-5)31(34(39)35(37)40)33(38)26-14-17-28(18-15-26)43-23-25-12-10-24(4)11-13-25/h10-19,22,32,38H,6-9,20-21,23H2,1-5H3/b33-31+. The molecule has 228 valence electrons. The second kappa shape index (κ2) is 14.7. The smallest absolute Gasteiger partial charge is 0.295 e. The highest BCUT2D eigenvalue weighted by Gasteiger charge is 2.46. The van der Waals surface area contributed by atoms with E-state index in [4.69, 9.17) is 14.2 Å². The van der Waals surface area contributed by atoms with Gasteiger partial charge in [0, 0.05) is 12.1 Å². The minimum atomic E-state index is -0.779. The quantitative estimate of drug-likeness (QED) is 0.138. The molecule has 3 aromatic rings. The Bertz CT molecular complexity index is 1430. The van der Waals surface area contributed by atoms with Crippen molar-refractivity contribution in [3.8, 4) is 17.2 Å². The fourth-order valence-electron chi connectivity index (χ4n) is 5.31. The van der Waals surface area contributed by atoms with E-state index in [0.29, 0.717) is 54.6 Å². The normalized spacial score (nSPS) is 16.1. The maximum atomic E-state index is 13.5. The van der Waals surface area contributed by atoms with Crippen LogP contribution in [0.3, 0.4) is 0 Å². The summed E-state index contributed by atoms with van der Waals surface area (Å²) in [7, 11) is 1.55. The third kappa shape index (κ3) is 7.38. The molecule has 0 aromatic heterocycles. The molecule has 3 aromatic carbocycles. The summed E-state index contributed by atoms with van der Waals surface area (Å²) in [6.45, 7) is 11.9. The predicted octanol–water partition coefficient (Wildman–Crippen LogP) is 6.13. The van der Waals surface area contributed by atoms with Gasteiger partial charge in [0.1, 0.15) is 18.1 Å². The molecule has 1 saturated heterocycles. The molecule has 0 bridgehead atoms. The Labute approximate surface area is 254 Å². The number of carbonyl (C=O) groups is 2. The lowest BCUT2D eigenvalue weighted by Crippen LogP contribution is -2.33. The van der Waals surface area contributed by atoms with Crippen LogP contribution in [0.5, 0.6) is 17.2 Å². The van der Waals surface area contributed by atoms with Gasteiger partial charge in [-0.05, 0) is 87.4 Å². The van der Waals surface area contributed by atoms with E-state index in [1.807, 2.05) is 44.2 Å². The maximum Gasteiger partial charge on any atom is 0.295 e. The number of carbonyl (C=O) groups excluding carboxylic acids is 2. The molecule has 43 heavy (non-hydrogen) atoms. The first-order valence-corrected chi connectivity index (χ1v) is 14.9. The zero-order chi connectivity index (χ0) is 30.9. The van der Waals surface area contributed by atoms with E-state index < -0.39 is 17.7 Å². The number of aryl methyl sites for hydroxylation is 1. The minimum absolute atomic E-state index is 0.0485. The molecule has 8 heteroatoms. The third-order valence-electron chi connectivity index (χ3n) is 7.76. The largest absolute Gasteiger partial charge is 0.507 e. The van der Waals surface area contributed by atoms with Gasteiger partial charge < -0.3 is 29.1 Å². The first-order chi connectivity index (χ1) is 20.8. The summed E-state index contributed by atoms with van der Waals surface area (Å²) in [6, 6.07) is 19.6. The Balaban J connectivity index is 1.66. The third-order valence-corrected chi connectivity index (χ3v) is 7.76. The number of aliphatic hydroxyl groups is 1. The Morgan fingerprint density at radius 3 is 2.23 bits per heavy atom. The van der Waals surface area contributed by atoms with Crippen LogP contribution in [0.4, 0.5) is 0 Å². The monoisotopic (exact) mass is 586 g/mol. The van der Waals surface area contributed by atoms with Gasteiger partial charge in [-0.15, -0.1) is 0 Å². The predicted molar refractivity (Wildman–Crippen MR) is 168 cm³/mol. The Morgan fingerprint density at radius 2 is 1.60 bits per heavy atom. The second-order valence-corrected chi connectivity index (χ2v) is 10.5. The van der Waals surface area contributed by atoms with E-state index in [-0.39, 0.29) is 11.3 Å². The Morgan fingerprint density at radius 1 is 0.907 bits per heavy atom. The van der Waals surface area contributed by atoms with Crippen LogP contribution in [0, 0.1) is 6.92 Å². The first-order valence-electron chi connectivity index (χ1n) is 14.9. The Kier molecular flexibility index (Phi) is 10.8. The van der Waals surface area contributed by atoms with E-state index in [0.717, 1.165) is 25.2 Å². The van der Waals surface area contributed by atoms with Crippen LogP contribution < -0.4 is 14.2 Å². The van der Waals surface area contributed by atoms with E-state index in [9.17, 15) is 14.7 Å². The fraction of sp³-hybridized carbons (Fsp3) is 0.371. The second-order valence-electron chi connectivity index (χ2n) is 10.5. The average molecular weight is 587 g/mol. The minimum Gasteiger partial charge on any atom is -0.507 e. The summed E-state index contributed by atoms with van der Waals surface area (Å²) in [5.74, 6) is 0.112. The highest BCUT2D eigenvalue weighted by atomic mass is 16.5. The molecule has 1 aliphatic rings.